The molecule has 0 amide bonds. The second kappa shape index (κ2) is 7.21. The maximum atomic E-state index is 15.2. The lowest BCUT2D eigenvalue weighted by Crippen LogP contribution is -2.44. The molecule has 2 aromatic rings. The fraction of sp³-hybridized carbons (Fsp3) is 0.529. The number of halogens is 1. The predicted molar refractivity (Wildman–Crippen MR) is 92.0 cm³/mol. The highest BCUT2D eigenvalue weighted by Crippen LogP contribution is 2.37. The normalized spacial score (nSPS) is 18.3. The number of unbranched alkanes of at least 4 members (excludes halogenated alkanes) is 1. The molecule has 8 heteroatoms. The zero-order valence-electron chi connectivity index (χ0n) is 14.2. The van der Waals surface area contributed by atoms with Gasteiger partial charge in [0.1, 0.15) is 0 Å². The molecule has 0 atom stereocenters. The van der Waals surface area contributed by atoms with E-state index in [1.807, 2.05) is 37.3 Å². The van der Waals surface area contributed by atoms with Gasteiger partial charge in [-0.3, -0.25) is 0 Å². The van der Waals surface area contributed by atoms with Gasteiger partial charge in [0.15, 0.2) is 5.67 Å². The number of nitrogens with zero attached hydrogens (tertiary/aromatic N) is 3. The molecular weight excluding hydrogens is 345 g/mol. The van der Waals surface area contributed by atoms with Crippen LogP contribution < -0.4 is 0 Å². The molecule has 1 aromatic carbocycles. The molecule has 2 heterocycles. The second-order valence-electron chi connectivity index (χ2n) is 6.32. The van der Waals surface area contributed by atoms with E-state index in [4.69, 9.17) is 4.52 Å². The fourth-order valence-electron chi connectivity index (χ4n) is 2.90. The Hall–Kier alpha value is -1.80. The first-order valence-electron chi connectivity index (χ1n) is 8.51. The van der Waals surface area contributed by atoms with Crippen LogP contribution in [0, 0.1) is 0 Å². The molecule has 136 valence electrons. The van der Waals surface area contributed by atoms with Crippen molar-refractivity contribution in [2.45, 2.75) is 38.3 Å². The summed E-state index contributed by atoms with van der Waals surface area (Å²) < 4.78 is 46.2. The van der Waals surface area contributed by atoms with Gasteiger partial charge in [0, 0.05) is 31.5 Å². The van der Waals surface area contributed by atoms with Gasteiger partial charge in [-0.05, 0) is 6.42 Å². The minimum Gasteiger partial charge on any atom is -0.335 e. The SMILES string of the molecule is CCCCS(=O)(=O)N1CCC(F)(c2nc(-c3ccccc3)no2)CC1. The van der Waals surface area contributed by atoms with Gasteiger partial charge in [0.2, 0.25) is 15.8 Å². The van der Waals surface area contributed by atoms with Gasteiger partial charge in [-0.15, -0.1) is 0 Å². The third-order valence-electron chi connectivity index (χ3n) is 4.51. The lowest BCUT2D eigenvalue weighted by atomic mass is 9.94. The van der Waals surface area contributed by atoms with Crippen molar-refractivity contribution in [1.29, 1.82) is 0 Å². The molecule has 1 aliphatic heterocycles. The predicted octanol–water partition coefficient (Wildman–Crippen LogP) is 3.13. The first-order valence-corrected chi connectivity index (χ1v) is 10.1. The van der Waals surface area contributed by atoms with Crippen molar-refractivity contribution in [2.75, 3.05) is 18.8 Å². The van der Waals surface area contributed by atoms with Crippen LogP contribution in [0.25, 0.3) is 11.4 Å². The second-order valence-corrected chi connectivity index (χ2v) is 8.41. The van der Waals surface area contributed by atoms with Crippen LogP contribution >= 0.6 is 0 Å². The molecule has 1 aliphatic rings. The number of alkyl halides is 1. The molecule has 1 saturated heterocycles. The van der Waals surface area contributed by atoms with Crippen LogP contribution in [0.4, 0.5) is 4.39 Å². The topological polar surface area (TPSA) is 76.3 Å². The molecule has 6 nitrogen and oxygen atoms in total. The maximum Gasteiger partial charge on any atom is 0.264 e. The van der Waals surface area contributed by atoms with Gasteiger partial charge in [-0.25, -0.2) is 17.1 Å². The minimum atomic E-state index is -3.32. The van der Waals surface area contributed by atoms with Gasteiger partial charge >= 0.3 is 0 Å². The fourth-order valence-corrected chi connectivity index (χ4v) is 4.55. The third kappa shape index (κ3) is 3.90. The largest absolute Gasteiger partial charge is 0.335 e. The molecule has 0 aliphatic carbocycles. The standard InChI is InChI=1S/C17H22FN3O3S/c1-2-3-13-25(22,23)21-11-9-17(18,10-12-21)16-19-15(20-24-16)14-7-5-4-6-8-14/h4-8H,2-3,9-13H2,1H3. The van der Waals surface area contributed by atoms with Gasteiger partial charge in [-0.2, -0.15) is 4.98 Å². The van der Waals surface area contributed by atoms with Crippen molar-refractivity contribution in [3.05, 3.63) is 36.2 Å². The molecule has 0 bridgehead atoms. The molecule has 1 aromatic heterocycles. The molecule has 1 fully saturated rings. The van der Waals surface area contributed by atoms with Crippen LogP contribution in [0.2, 0.25) is 0 Å². The number of rotatable bonds is 6. The highest BCUT2D eigenvalue weighted by atomic mass is 32.2. The summed E-state index contributed by atoms with van der Waals surface area (Å²) in [5.41, 5.74) is -1.03. The Bertz CT molecular complexity index is 800. The number of hydrogen-bond donors (Lipinski definition) is 0. The molecule has 25 heavy (non-hydrogen) atoms. The quantitative estimate of drug-likeness (QED) is 0.784. The summed E-state index contributed by atoms with van der Waals surface area (Å²) >= 11 is 0. The number of benzene rings is 1. The van der Waals surface area contributed by atoms with Crippen LogP contribution in [0.1, 0.15) is 38.5 Å². The highest BCUT2D eigenvalue weighted by molar-refractivity contribution is 7.89. The summed E-state index contributed by atoms with van der Waals surface area (Å²) in [4.78, 5) is 4.19. The van der Waals surface area contributed by atoms with E-state index >= 15 is 4.39 Å². The Balaban J connectivity index is 1.70. The van der Waals surface area contributed by atoms with E-state index in [2.05, 4.69) is 10.1 Å². The average molecular weight is 367 g/mol. The van der Waals surface area contributed by atoms with E-state index < -0.39 is 15.7 Å². The first-order chi connectivity index (χ1) is 11.9. The van der Waals surface area contributed by atoms with Crippen LogP contribution in [-0.2, 0) is 15.7 Å². The number of sulfonamides is 1. The van der Waals surface area contributed by atoms with Crippen molar-refractivity contribution in [2.24, 2.45) is 0 Å². The molecular formula is C17H22FN3O3S. The first kappa shape index (κ1) is 18.0. The van der Waals surface area contributed by atoms with E-state index in [1.165, 1.54) is 4.31 Å². The summed E-state index contributed by atoms with van der Waals surface area (Å²) in [6.07, 6.45) is 1.47. The lowest BCUT2D eigenvalue weighted by Gasteiger charge is -2.33. The Morgan fingerprint density at radius 2 is 1.92 bits per heavy atom. The lowest BCUT2D eigenvalue weighted by molar-refractivity contribution is 0.0511. The van der Waals surface area contributed by atoms with Crippen LogP contribution in [0.5, 0.6) is 0 Å². The van der Waals surface area contributed by atoms with Crippen molar-refractivity contribution in [1.82, 2.24) is 14.4 Å². The summed E-state index contributed by atoms with van der Waals surface area (Å²) in [5.74, 6) is 0.379. The van der Waals surface area contributed by atoms with Crippen LogP contribution in [0.15, 0.2) is 34.9 Å². The summed E-state index contributed by atoms with van der Waals surface area (Å²) in [6, 6.07) is 9.20. The van der Waals surface area contributed by atoms with E-state index in [0.717, 1.165) is 12.0 Å². The Morgan fingerprint density at radius 3 is 2.56 bits per heavy atom. The molecule has 3 rings (SSSR count). The minimum absolute atomic E-state index is 0.0226. The van der Waals surface area contributed by atoms with Crippen molar-refractivity contribution < 1.29 is 17.3 Å². The zero-order chi connectivity index (χ0) is 17.9. The monoisotopic (exact) mass is 367 g/mol. The van der Waals surface area contributed by atoms with E-state index in [9.17, 15) is 8.42 Å². The van der Waals surface area contributed by atoms with Crippen molar-refractivity contribution in [3.8, 4) is 11.4 Å². The molecule has 0 spiro atoms. The maximum absolute atomic E-state index is 15.2. The van der Waals surface area contributed by atoms with Gasteiger partial charge in [0.25, 0.3) is 5.89 Å². The van der Waals surface area contributed by atoms with Crippen LogP contribution in [-0.4, -0.2) is 41.7 Å². The number of hydrogen-bond acceptors (Lipinski definition) is 5. The van der Waals surface area contributed by atoms with E-state index in [1.54, 1.807) is 0 Å². The number of piperidine rings is 1. The van der Waals surface area contributed by atoms with Gasteiger partial charge in [-0.1, -0.05) is 48.8 Å². The van der Waals surface area contributed by atoms with E-state index in [0.29, 0.717) is 12.2 Å². The average Bonchev–Trinajstić information content (AvgIpc) is 3.12. The van der Waals surface area contributed by atoms with Crippen molar-refractivity contribution >= 4 is 10.0 Å². The molecule has 0 radical (unpaired) electrons. The molecule has 0 unspecified atom stereocenters. The number of aromatic nitrogens is 2. The van der Waals surface area contributed by atoms with E-state index in [-0.39, 0.29) is 37.6 Å². The van der Waals surface area contributed by atoms with Crippen molar-refractivity contribution in [3.63, 3.8) is 0 Å². The van der Waals surface area contributed by atoms with Gasteiger partial charge in [0.05, 0.1) is 5.75 Å². The smallest absolute Gasteiger partial charge is 0.264 e. The van der Waals surface area contributed by atoms with Gasteiger partial charge < -0.3 is 4.52 Å². The Kier molecular flexibility index (Phi) is 5.19. The Morgan fingerprint density at radius 1 is 1.24 bits per heavy atom. The zero-order valence-corrected chi connectivity index (χ0v) is 15.0. The summed E-state index contributed by atoms with van der Waals surface area (Å²) in [6.45, 7) is 2.20. The highest BCUT2D eigenvalue weighted by Gasteiger charge is 2.43. The summed E-state index contributed by atoms with van der Waals surface area (Å²) in [5, 5.41) is 3.86. The molecule has 0 saturated carbocycles. The van der Waals surface area contributed by atoms with Crippen LogP contribution in [0.3, 0.4) is 0 Å². The Labute approximate surface area is 147 Å². The third-order valence-corrected chi connectivity index (χ3v) is 6.46. The summed E-state index contributed by atoms with van der Waals surface area (Å²) in [7, 11) is -3.32. The molecule has 0 N–H and O–H groups in total.